The zero-order chi connectivity index (χ0) is 44.2. The molecule has 61 heavy (non-hydrogen) atoms. The second-order valence-corrected chi connectivity index (χ2v) is 19.4. The predicted octanol–water partition coefficient (Wildman–Crippen LogP) is 18.3. The number of allylic oxidation sites excluding steroid dienone is 3. The van der Waals surface area contributed by atoms with E-state index in [1.807, 2.05) is 6.08 Å². The first-order chi connectivity index (χ1) is 30.2. The van der Waals surface area contributed by atoms with E-state index in [-0.39, 0.29) is 12.5 Å². The second-order valence-electron chi connectivity index (χ2n) is 19.4. The van der Waals surface area contributed by atoms with Crippen molar-refractivity contribution in [3.63, 3.8) is 0 Å². The first-order valence-corrected chi connectivity index (χ1v) is 28.1. The highest BCUT2D eigenvalue weighted by atomic mass is 16.3. The van der Waals surface area contributed by atoms with E-state index < -0.39 is 12.1 Å². The highest BCUT2D eigenvalue weighted by Crippen LogP contribution is 2.18. The molecule has 0 radical (unpaired) electrons. The van der Waals surface area contributed by atoms with E-state index in [1.165, 1.54) is 263 Å². The summed E-state index contributed by atoms with van der Waals surface area (Å²) in [6.45, 7) is 4.30. The molecule has 0 saturated carbocycles. The molecule has 0 fully saturated rings. The third-order valence-electron chi connectivity index (χ3n) is 13.2. The van der Waals surface area contributed by atoms with Gasteiger partial charge in [0, 0.05) is 6.42 Å². The van der Waals surface area contributed by atoms with Gasteiger partial charge >= 0.3 is 0 Å². The summed E-state index contributed by atoms with van der Waals surface area (Å²) in [5.41, 5.74) is 0. The van der Waals surface area contributed by atoms with Gasteiger partial charge < -0.3 is 15.5 Å². The Balaban J connectivity index is 3.35. The molecule has 0 rings (SSSR count). The molecule has 0 aliphatic heterocycles. The zero-order valence-electron chi connectivity index (χ0n) is 41.7. The molecular weight excluding hydrogens is 747 g/mol. The van der Waals surface area contributed by atoms with Crippen molar-refractivity contribution in [2.45, 2.75) is 328 Å². The Kier molecular flexibility index (Phi) is 52.2. The van der Waals surface area contributed by atoms with Crippen LogP contribution in [-0.4, -0.2) is 34.9 Å². The number of carbonyl (C=O) groups is 1. The molecule has 1 amide bonds. The van der Waals surface area contributed by atoms with E-state index in [4.69, 9.17) is 0 Å². The topological polar surface area (TPSA) is 69.6 Å². The van der Waals surface area contributed by atoms with Gasteiger partial charge in [-0.3, -0.25) is 4.79 Å². The quantitative estimate of drug-likeness (QED) is 0.0422. The molecule has 4 heteroatoms. The summed E-state index contributed by atoms with van der Waals surface area (Å²) in [6, 6.07) is -0.634. The van der Waals surface area contributed by atoms with Gasteiger partial charge in [-0.2, -0.15) is 0 Å². The maximum absolute atomic E-state index is 12.4. The zero-order valence-corrected chi connectivity index (χ0v) is 41.7. The van der Waals surface area contributed by atoms with E-state index in [9.17, 15) is 15.0 Å². The van der Waals surface area contributed by atoms with Crippen LogP contribution in [0.15, 0.2) is 24.3 Å². The predicted molar refractivity (Wildman–Crippen MR) is 272 cm³/mol. The minimum atomic E-state index is -0.858. The number of hydrogen-bond acceptors (Lipinski definition) is 3. The van der Waals surface area contributed by atoms with Crippen LogP contribution in [0.1, 0.15) is 316 Å². The van der Waals surface area contributed by atoms with Gasteiger partial charge in [-0.25, -0.2) is 0 Å². The number of hydrogen-bond donors (Lipinski definition) is 3. The van der Waals surface area contributed by atoms with Crippen molar-refractivity contribution in [1.82, 2.24) is 5.32 Å². The lowest BCUT2D eigenvalue weighted by Crippen LogP contribution is -2.45. The molecule has 0 spiro atoms. The lowest BCUT2D eigenvalue weighted by Gasteiger charge is -2.19. The van der Waals surface area contributed by atoms with Crippen LogP contribution in [0.25, 0.3) is 0 Å². The van der Waals surface area contributed by atoms with Gasteiger partial charge in [0.1, 0.15) is 0 Å². The molecule has 4 nitrogen and oxygen atoms in total. The third-order valence-corrected chi connectivity index (χ3v) is 13.2. The summed E-state index contributed by atoms with van der Waals surface area (Å²) in [5, 5.41) is 23.0. The van der Waals surface area contributed by atoms with Crippen molar-refractivity contribution in [3.05, 3.63) is 24.3 Å². The van der Waals surface area contributed by atoms with Crippen molar-refractivity contribution < 1.29 is 15.0 Å². The highest BCUT2D eigenvalue weighted by Gasteiger charge is 2.18. The summed E-state index contributed by atoms with van der Waals surface area (Å²) in [4.78, 5) is 12.4. The van der Waals surface area contributed by atoms with Crippen LogP contribution in [0.2, 0.25) is 0 Å². The normalized spacial score (nSPS) is 12.9. The summed E-state index contributed by atoms with van der Waals surface area (Å²) in [6.07, 6.45) is 70.8. The first kappa shape index (κ1) is 59.9. The number of unbranched alkanes of at least 4 members (excludes halogenated alkanes) is 43. The summed E-state index contributed by atoms with van der Waals surface area (Å²) >= 11 is 0. The Hall–Kier alpha value is -1.13. The number of amides is 1. The Bertz CT molecular complexity index is 886. The van der Waals surface area contributed by atoms with Gasteiger partial charge in [0.05, 0.1) is 18.8 Å². The fraction of sp³-hybridized carbons (Fsp3) is 0.912. The number of aliphatic hydroxyl groups excluding tert-OH is 2. The van der Waals surface area contributed by atoms with Gasteiger partial charge in [-0.1, -0.05) is 301 Å². The molecule has 0 aromatic heterocycles. The molecule has 0 aromatic carbocycles. The van der Waals surface area contributed by atoms with Crippen LogP contribution in [0.3, 0.4) is 0 Å². The van der Waals surface area contributed by atoms with Crippen LogP contribution < -0.4 is 5.32 Å². The summed E-state index contributed by atoms with van der Waals surface area (Å²) < 4.78 is 0. The fourth-order valence-corrected chi connectivity index (χ4v) is 8.90. The van der Waals surface area contributed by atoms with Crippen molar-refractivity contribution in [2.75, 3.05) is 6.61 Å². The van der Waals surface area contributed by atoms with Crippen molar-refractivity contribution >= 4 is 5.91 Å². The van der Waals surface area contributed by atoms with E-state index in [0.29, 0.717) is 6.42 Å². The van der Waals surface area contributed by atoms with Gasteiger partial charge in [0.15, 0.2) is 0 Å². The number of aliphatic hydroxyl groups is 2. The number of nitrogens with one attached hydrogen (secondary N) is 1. The Labute approximate surface area is 383 Å². The van der Waals surface area contributed by atoms with Gasteiger partial charge in [-0.15, -0.1) is 0 Å². The van der Waals surface area contributed by atoms with E-state index in [0.717, 1.165) is 32.1 Å². The molecule has 2 unspecified atom stereocenters. The smallest absolute Gasteiger partial charge is 0.220 e. The van der Waals surface area contributed by atoms with Crippen LogP contribution in [-0.2, 0) is 4.79 Å². The minimum absolute atomic E-state index is 0.0690. The van der Waals surface area contributed by atoms with Crippen LogP contribution in [0.5, 0.6) is 0 Å². The molecule has 2 atom stereocenters. The molecule has 0 bridgehead atoms. The van der Waals surface area contributed by atoms with Crippen molar-refractivity contribution in [1.29, 1.82) is 0 Å². The molecular formula is C57H111NO3. The Morgan fingerprint density at radius 1 is 0.377 bits per heavy atom. The Morgan fingerprint density at radius 2 is 0.639 bits per heavy atom. The number of carbonyl (C=O) groups excluding carboxylic acids is 1. The van der Waals surface area contributed by atoms with Crippen LogP contribution >= 0.6 is 0 Å². The molecule has 0 heterocycles. The Morgan fingerprint density at radius 3 is 0.951 bits per heavy atom. The lowest BCUT2D eigenvalue weighted by atomic mass is 10.0. The summed E-state index contributed by atoms with van der Waals surface area (Å²) in [7, 11) is 0. The van der Waals surface area contributed by atoms with E-state index >= 15 is 0 Å². The van der Waals surface area contributed by atoms with Crippen LogP contribution in [0.4, 0.5) is 0 Å². The maximum atomic E-state index is 12.4. The molecule has 0 saturated heterocycles. The monoisotopic (exact) mass is 858 g/mol. The SMILES string of the molecule is CCCCCCCC/C=C/CC/C=C/C(O)C(CO)NC(=O)CCCCCCCCCCCCCCCCCCCCCCCCCCCCCCCCCCCCCCC. The van der Waals surface area contributed by atoms with Crippen molar-refractivity contribution in [2.24, 2.45) is 0 Å². The molecule has 0 aromatic rings. The standard InChI is InChI=1S/C57H111NO3/c1-3-5-7-9-11-13-15-17-18-19-20-21-22-23-24-25-26-27-28-29-30-31-32-33-34-35-36-37-38-39-40-41-43-45-47-49-51-53-57(61)58-55(54-59)56(60)52-50-48-46-44-42-16-14-12-10-8-6-4-2/h42,44,50,52,55-56,59-60H,3-41,43,45-49,51,53-54H2,1-2H3,(H,58,61)/b44-42+,52-50+. The first-order valence-electron chi connectivity index (χ1n) is 28.1. The van der Waals surface area contributed by atoms with Crippen LogP contribution in [0, 0.1) is 0 Å². The van der Waals surface area contributed by atoms with E-state index in [1.54, 1.807) is 6.08 Å². The molecule has 3 N–H and O–H groups in total. The maximum Gasteiger partial charge on any atom is 0.220 e. The van der Waals surface area contributed by atoms with Gasteiger partial charge in [0.2, 0.25) is 5.91 Å². The average molecular weight is 859 g/mol. The summed E-state index contributed by atoms with van der Waals surface area (Å²) in [5.74, 6) is -0.0690. The van der Waals surface area contributed by atoms with E-state index in [2.05, 4.69) is 31.3 Å². The van der Waals surface area contributed by atoms with Gasteiger partial charge in [-0.05, 0) is 32.1 Å². The fourth-order valence-electron chi connectivity index (χ4n) is 8.90. The third kappa shape index (κ3) is 49.7. The number of rotatable bonds is 52. The molecule has 0 aliphatic rings. The minimum Gasteiger partial charge on any atom is -0.394 e. The second kappa shape index (κ2) is 53.2. The highest BCUT2D eigenvalue weighted by molar-refractivity contribution is 5.76. The molecule has 362 valence electrons. The lowest BCUT2D eigenvalue weighted by molar-refractivity contribution is -0.123. The molecule has 0 aliphatic carbocycles. The van der Waals surface area contributed by atoms with Gasteiger partial charge in [0.25, 0.3) is 0 Å². The average Bonchev–Trinajstić information content (AvgIpc) is 3.26. The largest absolute Gasteiger partial charge is 0.394 e. The van der Waals surface area contributed by atoms with Crippen molar-refractivity contribution in [3.8, 4) is 0 Å².